The third-order valence-corrected chi connectivity index (χ3v) is 1.76. The second-order valence-corrected chi connectivity index (χ2v) is 3.28. The summed E-state index contributed by atoms with van der Waals surface area (Å²) in [7, 11) is 0. The maximum atomic E-state index is 11.5. The van der Waals surface area contributed by atoms with Crippen LogP contribution in [0.15, 0.2) is 23.8 Å². The van der Waals surface area contributed by atoms with Crippen LogP contribution in [0.25, 0.3) is 0 Å². The van der Waals surface area contributed by atoms with Gasteiger partial charge in [0.1, 0.15) is 0 Å². The van der Waals surface area contributed by atoms with Crippen molar-refractivity contribution in [2.24, 2.45) is 0 Å². The first-order chi connectivity index (χ1) is 7.61. The first-order valence-electron chi connectivity index (χ1n) is 5.39. The average Bonchev–Trinajstić information content (AvgIpc) is 2.24. The first kappa shape index (κ1) is 14.4. The monoisotopic (exact) mass is 226 g/mol. The van der Waals surface area contributed by atoms with E-state index in [1.807, 2.05) is 13.8 Å². The van der Waals surface area contributed by atoms with E-state index in [4.69, 9.17) is 9.84 Å². The SMILES string of the molecule is CCCOC(=O)C(=CC=CC(=O)O)CCC. The molecule has 0 saturated heterocycles. The van der Waals surface area contributed by atoms with Gasteiger partial charge in [0.05, 0.1) is 6.61 Å². The van der Waals surface area contributed by atoms with Crippen molar-refractivity contribution in [3.05, 3.63) is 23.8 Å². The quantitative estimate of drug-likeness (QED) is 0.411. The zero-order chi connectivity index (χ0) is 12.4. The number of aliphatic carboxylic acids is 1. The van der Waals surface area contributed by atoms with Gasteiger partial charge in [-0.2, -0.15) is 0 Å². The molecule has 0 atom stereocenters. The Balaban J connectivity index is 4.46. The fourth-order valence-corrected chi connectivity index (χ4v) is 1.06. The summed E-state index contributed by atoms with van der Waals surface area (Å²) in [5.41, 5.74) is 0.508. The van der Waals surface area contributed by atoms with Crippen LogP contribution in [-0.2, 0) is 14.3 Å². The second kappa shape index (κ2) is 8.71. The van der Waals surface area contributed by atoms with Crippen molar-refractivity contribution in [3.8, 4) is 0 Å². The highest BCUT2D eigenvalue weighted by Crippen LogP contribution is 2.07. The molecule has 0 bridgehead atoms. The number of carbonyl (C=O) groups is 2. The molecule has 0 aromatic carbocycles. The molecular weight excluding hydrogens is 208 g/mol. The number of rotatable bonds is 7. The summed E-state index contributed by atoms with van der Waals surface area (Å²) < 4.78 is 4.97. The molecule has 0 aliphatic carbocycles. The molecule has 16 heavy (non-hydrogen) atoms. The molecule has 0 fully saturated rings. The zero-order valence-corrected chi connectivity index (χ0v) is 9.73. The van der Waals surface area contributed by atoms with E-state index in [-0.39, 0.29) is 5.97 Å². The Morgan fingerprint density at radius 2 is 1.94 bits per heavy atom. The highest BCUT2D eigenvalue weighted by molar-refractivity contribution is 5.89. The molecule has 0 aromatic rings. The minimum absolute atomic E-state index is 0.362. The number of allylic oxidation sites excluding steroid dienone is 2. The average molecular weight is 226 g/mol. The smallest absolute Gasteiger partial charge is 0.333 e. The van der Waals surface area contributed by atoms with Crippen LogP contribution in [-0.4, -0.2) is 23.7 Å². The molecule has 0 unspecified atom stereocenters. The summed E-state index contributed by atoms with van der Waals surface area (Å²) in [4.78, 5) is 21.7. The van der Waals surface area contributed by atoms with Crippen LogP contribution in [0.2, 0.25) is 0 Å². The lowest BCUT2D eigenvalue weighted by Crippen LogP contribution is -2.08. The summed E-state index contributed by atoms with van der Waals surface area (Å²) in [6.07, 6.45) is 6.01. The Kier molecular flexibility index (Phi) is 7.85. The Morgan fingerprint density at radius 1 is 1.25 bits per heavy atom. The van der Waals surface area contributed by atoms with Gasteiger partial charge in [-0.15, -0.1) is 0 Å². The van der Waals surface area contributed by atoms with Gasteiger partial charge in [-0.1, -0.05) is 32.4 Å². The van der Waals surface area contributed by atoms with Crippen LogP contribution in [0.4, 0.5) is 0 Å². The summed E-state index contributed by atoms with van der Waals surface area (Å²) in [6, 6.07) is 0. The van der Waals surface area contributed by atoms with Gasteiger partial charge in [0, 0.05) is 11.6 Å². The third-order valence-electron chi connectivity index (χ3n) is 1.76. The van der Waals surface area contributed by atoms with Gasteiger partial charge < -0.3 is 9.84 Å². The van der Waals surface area contributed by atoms with Crippen LogP contribution in [0.3, 0.4) is 0 Å². The molecule has 0 amide bonds. The van der Waals surface area contributed by atoms with E-state index in [1.165, 1.54) is 12.2 Å². The van der Waals surface area contributed by atoms with E-state index < -0.39 is 5.97 Å². The second-order valence-electron chi connectivity index (χ2n) is 3.28. The molecule has 0 aliphatic heterocycles. The summed E-state index contributed by atoms with van der Waals surface area (Å²) >= 11 is 0. The normalized spacial score (nSPS) is 11.8. The van der Waals surface area contributed by atoms with E-state index in [9.17, 15) is 9.59 Å². The summed E-state index contributed by atoms with van der Waals surface area (Å²) in [6.45, 7) is 4.26. The van der Waals surface area contributed by atoms with Crippen LogP contribution < -0.4 is 0 Å². The molecule has 0 rings (SSSR count). The number of hydrogen-bond donors (Lipinski definition) is 1. The topological polar surface area (TPSA) is 63.6 Å². The van der Waals surface area contributed by atoms with Gasteiger partial charge in [0.25, 0.3) is 0 Å². The van der Waals surface area contributed by atoms with E-state index in [0.29, 0.717) is 18.6 Å². The Bertz CT molecular complexity index is 289. The van der Waals surface area contributed by atoms with Gasteiger partial charge in [0.2, 0.25) is 0 Å². The van der Waals surface area contributed by atoms with Gasteiger partial charge >= 0.3 is 11.9 Å². The largest absolute Gasteiger partial charge is 0.478 e. The molecular formula is C12H18O4. The molecule has 0 spiro atoms. The van der Waals surface area contributed by atoms with Crippen molar-refractivity contribution >= 4 is 11.9 Å². The van der Waals surface area contributed by atoms with Crippen LogP contribution in [0, 0.1) is 0 Å². The van der Waals surface area contributed by atoms with Crippen molar-refractivity contribution in [1.29, 1.82) is 0 Å². The Labute approximate surface area is 95.6 Å². The molecule has 0 radical (unpaired) electrons. The number of carboxylic acids is 1. The highest BCUT2D eigenvalue weighted by atomic mass is 16.5. The molecule has 0 saturated carbocycles. The van der Waals surface area contributed by atoms with Crippen LogP contribution in [0.5, 0.6) is 0 Å². The van der Waals surface area contributed by atoms with Crippen molar-refractivity contribution in [3.63, 3.8) is 0 Å². The van der Waals surface area contributed by atoms with Crippen LogP contribution >= 0.6 is 0 Å². The Hall–Kier alpha value is -1.58. The number of carbonyl (C=O) groups excluding carboxylic acids is 1. The third kappa shape index (κ3) is 6.81. The number of hydrogen-bond acceptors (Lipinski definition) is 3. The van der Waals surface area contributed by atoms with E-state index >= 15 is 0 Å². The first-order valence-corrected chi connectivity index (χ1v) is 5.39. The summed E-state index contributed by atoms with van der Waals surface area (Å²) in [5, 5.41) is 8.40. The fourth-order valence-electron chi connectivity index (χ4n) is 1.06. The maximum absolute atomic E-state index is 11.5. The van der Waals surface area contributed by atoms with Crippen molar-refractivity contribution in [2.45, 2.75) is 33.1 Å². The molecule has 4 heteroatoms. The highest BCUT2D eigenvalue weighted by Gasteiger charge is 2.08. The molecule has 90 valence electrons. The number of carboxylic acid groups (broad SMARTS) is 1. The molecule has 0 heterocycles. The van der Waals surface area contributed by atoms with E-state index in [2.05, 4.69) is 0 Å². The Morgan fingerprint density at radius 3 is 2.44 bits per heavy atom. The van der Waals surface area contributed by atoms with Crippen molar-refractivity contribution in [1.82, 2.24) is 0 Å². The molecule has 0 aromatic heterocycles. The van der Waals surface area contributed by atoms with Gasteiger partial charge in [-0.05, 0) is 12.8 Å². The van der Waals surface area contributed by atoms with E-state index in [0.717, 1.165) is 18.9 Å². The molecule has 4 nitrogen and oxygen atoms in total. The number of ether oxygens (including phenoxy) is 1. The summed E-state index contributed by atoms with van der Waals surface area (Å²) in [5.74, 6) is -1.40. The van der Waals surface area contributed by atoms with Gasteiger partial charge in [-0.3, -0.25) is 0 Å². The standard InChI is InChI=1S/C12H18O4/c1-3-6-10(7-5-8-11(13)14)12(15)16-9-4-2/h5,7-8H,3-4,6,9H2,1-2H3,(H,13,14). The van der Waals surface area contributed by atoms with Gasteiger partial charge in [-0.25, -0.2) is 9.59 Å². The maximum Gasteiger partial charge on any atom is 0.333 e. The number of esters is 1. The lowest BCUT2D eigenvalue weighted by molar-refractivity contribution is -0.139. The predicted molar refractivity (Wildman–Crippen MR) is 61.0 cm³/mol. The fraction of sp³-hybridized carbons (Fsp3) is 0.500. The van der Waals surface area contributed by atoms with Gasteiger partial charge in [0.15, 0.2) is 0 Å². The molecule has 1 N–H and O–H groups in total. The molecule has 0 aliphatic rings. The van der Waals surface area contributed by atoms with Crippen molar-refractivity contribution < 1.29 is 19.4 Å². The van der Waals surface area contributed by atoms with Crippen LogP contribution in [0.1, 0.15) is 33.1 Å². The van der Waals surface area contributed by atoms with Crippen molar-refractivity contribution in [2.75, 3.05) is 6.61 Å². The predicted octanol–water partition coefficient (Wildman–Crippen LogP) is 2.31. The lowest BCUT2D eigenvalue weighted by Gasteiger charge is -2.05. The minimum Gasteiger partial charge on any atom is -0.478 e. The lowest BCUT2D eigenvalue weighted by atomic mass is 10.1. The minimum atomic E-state index is -1.03. The van der Waals surface area contributed by atoms with E-state index in [1.54, 1.807) is 0 Å². The zero-order valence-electron chi connectivity index (χ0n) is 9.73.